The van der Waals surface area contributed by atoms with Crippen LogP contribution in [0.2, 0.25) is 0 Å². The molecule has 1 heterocycles. The summed E-state index contributed by atoms with van der Waals surface area (Å²) in [6.45, 7) is 6.61. The molecule has 0 saturated carbocycles. The maximum Gasteiger partial charge on any atom is 0.238 e. The Morgan fingerprint density at radius 3 is 2.71 bits per heavy atom. The molecule has 0 aliphatic carbocycles. The quantitative estimate of drug-likeness (QED) is 0.722. The lowest BCUT2D eigenvalue weighted by atomic mass is 10.3. The molecule has 0 aliphatic rings. The molecule has 0 aliphatic heterocycles. The number of fused-ring (bicyclic) bond motifs is 1. The van der Waals surface area contributed by atoms with Gasteiger partial charge < -0.3 is 9.88 Å². The highest BCUT2D eigenvalue weighted by atomic mass is 32.2. The van der Waals surface area contributed by atoms with Gasteiger partial charge in [0.1, 0.15) is 0 Å². The molecule has 1 atom stereocenters. The van der Waals surface area contributed by atoms with E-state index in [9.17, 15) is 13.2 Å². The van der Waals surface area contributed by atoms with Crippen LogP contribution < -0.4 is 10.5 Å². The van der Waals surface area contributed by atoms with Gasteiger partial charge in [-0.05, 0) is 38.5 Å². The fraction of sp³-hybridized carbons (Fsp3) is 0.467. The van der Waals surface area contributed by atoms with E-state index in [0.717, 1.165) is 11.9 Å². The first-order valence-electron chi connectivity index (χ1n) is 7.71. The lowest BCUT2D eigenvalue weighted by Gasteiger charge is -2.11. The maximum atomic E-state index is 11.9. The van der Waals surface area contributed by atoms with Crippen LogP contribution in [-0.2, 0) is 21.4 Å². The van der Waals surface area contributed by atoms with Crippen molar-refractivity contribution in [2.75, 3.05) is 5.75 Å². The molecule has 0 fully saturated rings. The van der Waals surface area contributed by atoms with E-state index in [-0.39, 0.29) is 22.6 Å². The minimum Gasteiger partial charge on any atom is -0.353 e. The number of sulfonamides is 1. The Morgan fingerprint density at radius 1 is 1.42 bits per heavy atom. The summed E-state index contributed by atoms with van der Waals surface area (Å²) in [4.78, 5) is 16.4. The second kappa shape index (κ2) is 7.54. The van der Waals surface area contributed by atoms with Gasteiger partial charge in [0.25, 0.3) is 0 Å². The van der Waals surface area contributed by atoms with E-state index >= 15 is 0 Å². The van der Waals surface area contributed by atoms with Gasteiger partial charge in [-0.1, -0.05) is 18.7 Å². The zero-order valence-electron chi connectivity index (χ0n) is 13.9. The minimum absolute atomic E-state index is 0.0295. The summed E-state index contributed by atoms with van der Waals surface area (Å²) in [6.07, 6.45) is 0.875. The normalized spacial score (nSPS) is 13.2. The Hall–Kier alpha value is -1.58. The smallest absolute Gasteiger partial charge is 0.238 e. The number of aromatic nitrogens is 2. The molecule has 1 aromatic carbocycles. The molecule has 132 valence electrons. The Balaban J connectivity index is 2.25. The maximum absolute atomic E-state index is 11.9. The van der Waals surface area contributed by atoms with Crippen molar-refractivity contribution in [3.63, 3.8) is 0 Å². The number of amides is 1. The van der Waals surface area contributed by atoms with Crippen molar-refractivity contribution in [1.29, 1.82) is 0 Å². The molecule has 1 aromatic heterocycles. The molecular weight excluding hydrogens is 348 g/mol. The molecule has 24 heavy (non-hydrogen) atoms. The highest BCUT2D eigenvalue weighted by molar-refractivity contribution is 7.99. The number of carbonyl (C=O) groups is 1. The van der Waals surface area contributed by atoms with Gasteiger partial charge in [0.05, 0.1) is 21.7 Å². The molecule has 0 saturated heterocycles. The van der Waals surface area contributed by atoms with Gasteiger partial charge in [-0.15, -0.1) is 0 Å². The van der Waals surface area contributed by atoms with Crippen molar-refractivity contribution in [1.82, 2.24) is 14.9 Å². The second-order valence-electron chi connectivity index (χ2n) is 5.50. The van der Waals surface area contributed by atoms with E-state index in [4.69, 9.17) is 5.14 Å². The monoisotopic (exact) mass is 370 g/mol. The standard InChI is InChI=1S/C15H22N4O3S2/c1-4-10(3)17-14(20)9-23-15-18-12-8-11(24(16,21)22)6-7-13(12)19(15)5-2/h6-8,10H,4-5,9H2,1-3H3,(H,17,20)(H2,16,21,22)/t10-/m0/s1. The summed E-state index contributed by atoms with van der Waals surface area (Å²) in [7, 11) is -3.77. The van der Waals surface area contributed by atoms with Gasteiger partial charge in [-0.25, -0.2) is 18.5 Å². The van der Waals surface area contributed by atoms with E-state index in [0.29, 0.717) is 17.2 Å². The number of benzene rings is 1. The molecule has 0 bridgehead atoms. The van der Waals surface area contributed by atoms with Crippen LogP contribution in [0.5, 0.6) is 0 Å². The first-order valence-corrected chi connectivity index (χ1v) is 10.2. The molecule has 0 spiro atoms. The number of carbonyl (C=O) groups excluding carboxylic acids is 1. The van der Waals surface area contributed by atoms with Crippen molar-refractivity contribution < 1.29 is 13.2 Å². The average Bonchev–Trinajstić information content (AvgIpc) is 2.88. The number of nitrogens with one attached hydrogen (secondary N) is 1. The van der Waals surface area contributed by atoms with Gasteiger partial charge in [-0.3, -0.25) is 4.79 Å². The first kappa shape index (κ1) is 18.8. The average molecular weight is 371 g/mol. The van der Waals surface area contributed by atoms with E-state index in [1.165, 1.54) is 23.9 Å². The van der Waals surface area contributed by atoms with Gasteiger partial charge in [0.2, 0.25) is 15.9 Å². The number of nitrogens with zero attached hydrogens (tertiary/aromatic N) is 2. The van der Waals surface area contributed by atoms with Crippen LogP contribution in [0.1, 0.15) is 27.2 Å². The Kier molecular flexibility index (Phi) is 5.89. The summed E-state index contributed by atoms with van der Waals surface area (Å²) in [5.74, 6) is 0.213. The van der Waals surface area contributed by atoms with Gasteiger partial charge in [-0.2, -0.15) is 0 Å². The third kappa shape index (κ3) is 4.28. The summed E-state index contributed by atoms with van der Waals surface area (Å²) in [5.41, 5.74) is 1.36. The third-order valence-corrected chi connectivity index (χ3v) is 5.57. The Labute approximate surface area is 146 Å². The summed E-state index contributed by atoms with van der Waals surface area (Å²) in [5, 5.41) is 8.75. The van der Waals surface area contributed by atoms with Crippen LogP contribution in [0.15, 0.2) is 28.3 Å². The molecule has 1 amide bonds. The number of nitrogens with two attached hydrogens (primary N) is 1. The number of rotatable bonds is 7. The Morgan fingerprint density at radius 2 is 2.12 bits per heavy atom. The van der Waals surface area contributed by atoms with Crippen molar-refractivity contribution in [3.05, 3.63) is 18.2 Å². The third-order valence-electron chi connectivity index (χ3n) is 3.68. The van der Waals surface area contributed by atoms with Crippen molar-refractivity contribution >= 4 is 38.7 Å². The van der Waals surface area contributed by atoms with Gasteiger partial charge in [0.15, 0.2) is 5.16 Å². The summed E-state index contributed by atoms with van der Waals surface area (Å²) >= 11 is 1.33. The number of hydrogen-bond acceptors (Lipinski definition) is 5. The molecule has 0 radical (unpaired) electrons. The van der Waals surface area contributed by atoms with E-state index < -0.39 is 10.0 Å². The molecule has 2 rings (SSSR count). The Bertz CT molecular complexity index is 846. The van der Waals surface area contributed by atoms with E-state index in [2.05, 4.69) is 10.3 Å². The SMILES string of the molecule is CC[C@H](C)NC(=O)CSc1nc2cc(S(N)(=O)=O)ccc2n1CC. The molecule has 2 aromatic rings. The van der Waals surface area contributed by atoms with Gasteiger partial charge >= 0.3 is 0 Å². The minimum atomic E-state index is -3.77. The van der Waals surface area contributed by atoms with Crippen LogP contribution in [0.3, 0.4) is 0 Å². The fourth-order valence-electron chi connectivity index (χ4n) is 2.23. The highest BCUT2D eigenvalue weighted by Crippen LogP contribution is 2.25. The van der Waals surface area contributed by atoms with Crippen molar-refractivity contribution in [2.45, 2.75) is 49.8 Å². The predicted molar refractivity (Wildman–Crippen MR) is 95.4 cm³/mol. The second-order valence-corrected chi connectivity index (χ2v) is 8.00. The van der Waals surface area contributed by atoms with Crippen molar-refractivity contribution in [3.8, 4) is 0 Å². The first-order chi connectivity index (χ1) is 11.3. The lowest BCUT2D eigenvalue weighted by molar-refractivity contribution is -0.119. The zero-order chi connectivity index (χ0) is 17.9. The number of primary sulfonamides is 1. The number of thioether (sulfide) groups is 1. The predicted octanol–water partition coefficient (Wildman–Crippen LogP) is 1.71. The highest BCUT2D eigenvalue weighted by Gasteiger charge is 2.15. The molecule has 0 unspecified atom stereocenters. The van der Waals surface area contributed by atoms with Crippen molar-refractivity contribution in [2.24, 2.45) is 5.14 Å². The largest absolute Gasteiger partial charge is 0.353 e. The molecule has 9 heteroatoms. The lowest BCUT2D eigenvalue weighted by Crippen LogP contribution is -2.33. The zero-order valence-corrected chi connectivity index (χ0v) is 15.6. The van der Waals surface area contributed by atoms with Crippen LogP contribution in [0.25, 0.3) is 11.0 Å². The molecule has 7 nitrogen and oxygen atoms in total. The number of hydrogen-bond donors (Lipinski definition) is 2. The topological polar surface area (TPSA) is 107 Å². The number of aryl methyl sites for hydroxylation is 1. The van der Waals surface area contributed by atoms with E-state index in [1.54, 1.807) is 6.07 Å². The van der Waals surface area contributed by atoms with Crippen LogP contribution in [0, 0.1) is 0 Å². The molecular formula is C15H22N4O3S2. The fourth-order valence-corrected chi connectivity index (χ4v) is 3.65. The van der Waals surface area contributed by atoms with E-state index in [1.807, 2.05) is 25.3 Å². The molecule has 3 N–H and O–H groups in total. The van der Waals surface area contributed by atoms with Gasteiger partial charge in [0, 0.05) is 12.6 Å². The van der Waals surface area contributed by atoms with Crippen LogP contribution in [0.4, 0.5) is 0 Å². The summed E-state index contributed by atoms with van der Waals surface area (Å²) in [6, 6.07) is 4.75. The van der Waals surface area contributed by atoms with Crippen LogP contribution in [-0.4, -0.2) is 35.7 Å². The van der Waals surface area contributed by atoms with Crippen LogP contribution >= 0.6 is 11.8 Å². The number of imidazole rings is 1. The summed E-state index contributed by atoms with van der Waals surface area (Å²) < 4.78 is 24.9.